The molecule has 1 aromatic heterocycles. The van der Waals surface area contributed by atoms with Gasteiger partial charge in [0.1, 0.15) is 5.52 Å². The Hall–Kier alpha value is -1.02. The summed E-state index contributed by atoms with van der Waals surface area (Å²) < 4.78 is 5.56. The Morgan fingerprint density at radius 2 is 2.21 bits per heavy atom. The molecule has 0 bridgehead atoms. The van der Waals surface area contributed by atoms with Crippen LogP contribution in [0.4, 0.5) is 0 Å². The maximum atomic E-state index is 5.85. The standard InChI is InChI=1S/C11H12ClNO/c1-7(2)5-11-13-9-6-8(12)3-4-10(9)14-11/h3-4,6-7H,5H2,1-2H3. The molecule has 0 aliphatic heterocycles. The molecule has 2 nitrogen and oxygen atoms in total. The van der Waals surface area contributed by atoms with Gasteiger partial charge in [-0.2, -0.15) is 0 Å². The highest BCUT2D eigenvalue weighted by Crippen LogP contribution is 2.21. The summed E-state index contributed by atoms with van der Waals surface area (Å²) in [6, 6.07) is 5.49. The Bertz CT molecular complexity index is 447. The number of rotatable bonds is 2. The van der Waals surface area contributed by atoms with E-state index in [1.54, 1.807) is 0 Å². The summed E-state index contributed by atoms with van der Waals surface area (Å²) >= 11 is 5.85. The van der Waals surface area contributed by atoms with Crippen molar-refractivity contribution in [2.24, 2.45) is 5.92 Å². The van der Waals surface area contributed by atoms with Crippen molar-refractivity contribution in [3.8, 4) is 0 Å². The van der Waals surface area contributed by atoms with Gasteiger partial charge < -0.3 is 4.42 Å². The number of aromatic nitrogens is 1. The van der Waals surface area contributed by atoms with E-state index in [1.165, 1.54) is 0 Å². The molecule has 3 heteroatoms. The zero-order valence-electron chi connectivity index (χ0n) is 8.25. The molecule has 1 heterocycles. The first-order chi connectivity index (χ1) is 6.65. The van der Waals surface area contributed by atoms with E-state index >= 15 is 0 Å². The molecule has 0 aliphatic rings. The molecule has 2 aromatic rings. The van der Waals surface area contributed by atoms with Gasteiger partial charge in [-0.05, 0) is 24.1 Å². The highest BCUT2D eigenvalue weighted by molar-refractivity contribution is 6.31. The van der Waals surface area contributed by atoms with Gasteiger partial charge in [0.2, 0.25) is 0 Å². The highest BCUT2D eigenvalue weighted by atomic mass is 35.5. The normalized spacial score (nSPS) is 11.4. The first kappa shape index (κ1) is 9.53. The molecule has 0 unspecified atom stereocenters. The maximum absolute atomic E-state index is 5.85. The first-order valence-corrected chi connectivity index (χ1v) is 5.08. The Morgan fingerprint density at radius 1 is 1.43 bits per heavy atom. The largest absolute Gasteiger partial charge is 0.441 e. The van der Waals surface area contributed by atoms with E-state index < -0.39 is 0 Å². The number of hydrogen-bond donors (Lipinski definition) is 0. The molecule has 0 atom stereocenters. The Morgan fingerprint density at radius 3 is 2.93 bits per heavy atom. The Labute approximate surface area is 87.9 Å². The molecular weight excluding hydrogens is 198 g/mol. The van der Waals surface area contributed by atoms with Gasteiger partial charge in [-0.15, -0.1) is 0 Å². The minimum atomic E-state index is 0.554. The molecule has 2 rings (SSSR count). The molecule has 0 fully saturated rings. The number of halogens is 1. The van der Waals surface area contributed by atoms with Gasteiger partial charge >= 0.3 is 0 Å². The van der Waals surface area contributed by atoms with Crippen LogP contribution in [0.2, 0.25) is 5.02 Å². The third kappa shape index (κ3) is 1.90. The van der Waals surface area contributed by atoms with Gasteiger partial charge in [-0.3, -0.25) is 0 Å². The predicted octanol–water partition coefficient (Wildman–Crippen LogP) is 3.68. The number of fused-ring (bicyclic) bond motifs is 1. The summed E-state index contributed by atoms with van der Waals surface area (Å²) in [5.41, 5.74) is 1.65. The highest BCUT2D eigenvalue weighted by Gasteiger charge is 2.07. The van der Waals surface area contributed by atoms with Crippen LogP contribution in [-0.4, -0.2) is 4.98 Å². The Kier molecular flexibility index (Phi) is 2.46. The fourth-order valence-electron chi connectivity index (χ4n) is 1.38. The van der Waals surface area contributed by atoms with Crippen molar-refractivity contribution in [2.45, 2.75) is 20.3 Å². The van der Waals surface area contributed by atoms with E-state index in [1.807, 2.05) is 18.2 Å². The molecule has 0 N–H and O–H groups in total. The zero-order chi connectivity index (χ0) is 10.1. The Balaban J connectivity index is 2.41. The van der Waals surface area contributed by atoms with Gasteiger partial charge in [0.25, 0.3) is 0 Å². The first-order valence-electron chi connectivity index (χ1n) is 4.70. The van der Waals surface area contributed by atoms with Crippen molar-refractivity contribution in [3.05, 3.63) is 29.1 Å². The smallest absolute Gasteiger partial charge is 0.195 e. The third-order valence-corrected chi connectivity index (χ3v) is 2.21. The topological polar surface area (TPSA) is 26.0 Å². The molecule has 0 spiro atoms. The molecule has 0 amide bonds. The SMILES string of the molecule is CC(C)Cc1nc2cc(Cl)ccc2o1. The van der Waals surface area contributed by atoms with Crippen LogP contribution in [0.25, 0.3) is 11.1 Å². The summed E-state index contributed by atoms with van der Waals surface area (Å²) in [6.07, 6.45) is 0.867. The van der Waals surface area contributed by atoms with Crippen molar-refractivity contribution in [1.29, 1.82) is 0 Å². The third-order valence-electron chi connectivity index (χ3n) is 1.98. The van der Waals surface area contributed by atoms with Crippen molar-refractivity contribution >= 4 is 22.7 Å². The van der Waals surface area contributed by atoms with E-state index in [0.29, 0.717) is 10.9 Å². The van der Waals surface area contributed by atoms with Crippen LogP contribution in [0.5, 0.6) is 0 Å². The van der Waals surface area contributed by atoms with E-state index in [2.05, 4.69) is 18.8 Å². The lowest BCUT2D eigenvalue weighted by atomic mass is 10.1. The minimum absolute atomic E-state index is 0.554. The van der Waals surface area contributed by atoms with Crippen LogP contribution in [-0.2, 0) is 6.42 Å². The maximum Gasteiger partial charge on any atom is 0.195 e. The molecule has 0 saturated heterocycles. The van der Waals surface area contributed by atoms with Crippen molar-refractivity contribution in [2.75, 3.05) is 0 Å². The lowest BCUT2D eigenvalue weighted by Crippen LogP contribution is -1.93. The van der Waals surface area contributed by atoms with Crippen molar-refractivity contribution in [3.63, 3.8) is 0 Å². The van der Waals surface area contributed by atoms with Crippen molar-refractivity contribution in [1.82, 2.24) is 4.98 Å². The average molecular weight is 210 g/mol. The van der Waals surface area contributed by atoms with E-state index in [9.17, 15) is 0 Å². The summed E-state index contributed by atoms with van der Waals surface area (Å²) in [5.74, 6) is 1.34. The van der Waals surface area contributed by atoms with Crippen LogP contribution in [0, 0.1) is 5.92 Å². The van der Waals surface area contributed by atoms with Crippen LogP contribution >= 0.6 is 11.6 Å². The van der Waals surface area contributed by atoms with Crippen LogP contribution in [0.15, 0.2) is 22.6 Å². The van der Waals surface area contributed by atoms with E-state index in [4.69, 9.17) is 16.0 Å². The molecule has 0 radical (unpaired) electrons. The minimum Gasteiger partial charge on any atom is -0.441 e. The van der Waals surface area contributed by atoms with Crippen LogP contribution in [0.3, 0.4) is 0 Å². The summed E-state index contributed by atoms with van der Waals surface area (Å²) in [5, 5.41) is 0.696. The monoisotopic (exact) mass is 209 g/mol. The number of benzene rings is 1. The van der Waals surface area contributed by atoms with Gasteiger partial charge in [0.15, 0.2) is 11.5 Å². The lowest BCUT2D eigenvalue weighted by Gasteiger charge is -1.96. The predicted molar refractivity (Wildman–Crippen MR) is 57.6 cm³/mol. The molecule has 14 heavy (non-hydrogen) atoms. The zero-order valence-corrected chi connectivity index (χ0v) is 9.01. The van der Waals surface area contributed by atoms with Crippen LogP contribution < -0.4 is 0 Å². The average Bonchev–Trinajstić information content (AvgIpc) is 2.44. The fraction of sp³-hybridized carbons (Fsp3) is 0.364. The summed E-state index contributed by atoms with van der Waals surface area (Å²) in [6.45, 7) is 4.28. The number of oxazole rings is 1. The number of hydrogen-bond acceptors (Lipinski definition) is 2. The molecule has 0 aliphatic carbocycles. The van der Waals surface area contributed by atoms with E-state index in [-0.39, 0.29) is 0 Å². The lowest BCUT2D eigenvalue weighted by molar-refractivity contribution is 0.482. The molecule has 1 aromatic carbocycles. The van der Waals surface area contributed by atoms with E-state index in [0.717, 1.165) is 23.4 Å². The second kappa shape index (κ2) is 3.62. The molecular formula is C11H12ClNO. The quantitative estimate of drug-likeness (QED) is 0.754. The number of nitrogens with zero attached hydrogens (tertiary/aromatic N) is 1. The summed E-state index contributed by atoms with van der Waals surface area (Å²) in [7, 11) is 0. The van der Waals surface area contributed by atoms with Gasteiger partial charge in [-0.1, -0.05) is 25.4 Å². The fourth-order valence-corrected chi connectivity index (χ4v) is 1.55. The summed E-state index contributed by atoms with van der Waals surface area (Å²) in [4.78, 5) is 4.36. The van der Waals surface area contributed by atoms with Gasteiger partial charge in [0, 0.05) is 11.4 Å². The molecule has 0 saturated carbocycles. The van der Waals surface area contributed by atoms with Crippen LogP contribution in [0.1, 0.15) is 19.7 Å². The van der Waals surface area contributed by atoms with Gasteiger partial charge in [0.05, 0.1) is 0 Å². The second-order valence-corrected chi connectivity index (χ2v) is 4.25. The van der Waals surface area contributed by atoms with Gasteiger partial charge in [-0.25, -0.2) is 4.98 Å². The molecule has 74 valence electrons. The second-order valence-electron chi connectivity index (χ2n) is 3.82. The van der Waals surface area contributed by atoms with Crippen molar-refractivity contribution < 1.29 is 4.42 Å².